The van der Waals surface area contributed by atoms with Crippen LogP contribution >= 0.6 is 0 Å². The van der Waals surface area contributed by atoms with Crippen LogP contribution in [0.4, 0.5) is 0 Å². The van der Waals surface area contributed by atoms with Crippen molar-refractivity contribution in [1.29, 1.82) is 0 Å². The summed E-state index contributed by atoms with van der Waals surface area (Å²) in [5.74, 6) is 0. The van der Waals surface area contributed by atoms with Crippen molar-refractivity contribution in [2.45, 2.75) is 103 Å². The molecule has 1 rings (SSSR count). The predicted molar refractivity (Wildman–Crippen MR) is 104 cm³/mol. The molecule has 0 spiro atoms. The third-order valence-corrected chi connectivity index (χ3v) is 5.21. The molecule has 0 radical (unpaired) electrons. The van der Waals surface area contributed by atoms with Crippen LogP contribution in [0.3, 0.4) is 0 Å². The van der Waals surface area contributed by atoms with Crippen LogP contribution in [0.15, 0.2) is 0 Å². The Morgan fingerprint density at radius 2 is 1.21 bits per heavy atom. The quantitative estimate of drug-likeness (QED) is 0.394. The van der Waals surface area contributed by atoms with Crippen molar-refractivity contribution in [3.63, 3.8) is 0 Å². The van der Waals surface area contributed by atoms with Crippen LogP contribution < -0.4 is 0 Å². The van der Waals surface area contributed by atoms with Gasteiger partial charge in [-0.1, -0.05) is 90.4 Å². The second kappa shape index (κ2) is 16.4. The third-order valence-electron chi connectivity index (χ3n) is 5.21. The molecule has 1 unspecified atom stereocenters. The van der Waals surface area contributed by atoms with E-state index >= 15 is 0 Å². The number of morpholine rings is 1. The average molecular weight is 342 g/mol. The zero-order valence-electron chi connectivity index (χ0n) is 16.3. The van der Waals surface area contributed by atoms with Crippen LogP contribution in [0, 0.1) is 0 Å². The summed E-state index contributed by atoms with van der Waals surface area (Å²) in [4.78, 5) is 2.33. The summed E-state index contributed by atoms with van der Waals surface area (Å²) in [6.07, 6.45) is 18.8. The van der Waals surface area contributed by atoms with Crippen LogP contribution in [0.2, 0.25) is 0 Å². The first-order chi connectivity index (χ1) is 11.8. The standard InChI is InChI=1S/C21H43NO2/c1-2-3-4-5-6-7-8-9-10-11-12-13-14-15-21(23)20-22-16-18-24-19-17-22/h21,23H,2-20H2,1H3. The van der Waals surface area contributed by atoms with E-state index in [1.54, 1.807) is 0 Å². The number of aliphatic hydroxyl groups is 1. The summed E-state index contributed by atoms with van der Waals surface area (Å²) < 4.78 is 5.34. The number of nitrogens with zero attached hydrogens (tertiary/aromatic N) is 1. The molecule has 144 valence electrons. The lowest BCUT2D eigenvalue weighted by atomic mass is 10.0. The summed E-state index contributed by atoms with van der Waals surface area (Å²) in [7, 11) is 0. The Morgan fingerprint density at radius 1 is 0.750 bits per heavy atom. The molecule has 0 aromatic carbocycles. The van der Waals surface area contributed by atoms with E-state index in [2.05, 4.69) is 11.8 Å². The van der Waals surface area contributed by atoms with Gasteiger partial charge in [0.1, 0.15) is 0 Å². The Kier molecular flexibility index (Phi) is 14.9. The number of hydrogen-bond acceptors (Lipinski definition) is 3. The molecule has 0 saturated carbocycles. The Morgan fingerprint density at radius 3 is 1.71 bits per heavy atom. The Bertz CT molecular complexity index is 254. The maximum Gasteiger partial charge on any atom is 0.0667 e. The van der Waals surface area contributed by atoms with Crippen molar-refractivity contribution in [1.82, 2.24) is 4.90 Å². The van der Waals surface area contributed by atoms with E-state index in [0.717, 1.165) is 39.3 Å². The monoisotopic (exact) mass is 341 g/mol. The fourth-order valence-corrected chi connectivity index (χ4v) is 3.57. The maximum atomic E-state index is 10.1. The minimum absolute atomic E-state index is 0.143. The largest absolute Gasteiger partial charge is 0.392 e. The van der Waals surface area contributed by atoms with Gasteiger partial charge in [0, 0.05) is 19.6 Å². The van der Waals surface area contributed by atoms with Crippen LogP contribution in [0.1, 0.15) is 96.8 Å². The SMILES string of the molecule is CCCCCCCCCCCCCCCC(O)CN1CCOCC1. The van der Waals surface area contributed by atoms with Crippen LogP contribution in [-0.2, 0) is 4.74 Å². The van der Waals surface area contributed by atoms with Gasteiger partial charge in [0.25, 0.3) is 0 Å². The second-order valence-corrected chi connectivity index (χ2v) is 7.60. The number of rotatable bonds is 16. The molecule has 1 aliphatic heterocycles. The lowest BCUT2D eigenvalue weighted by Gasteiger charge is -2.28. The number of hydrogen-bond donors (Lipinski definition) is 1. The van der Waals surface area contributed by atoms with Gasteiger partial charge in [0.2, 0.25) is 0 Å². The van der Waals surface area contributed by atoms with Crippen LogP contribution in [0.5, 0.6) is 0 Å². The minimum Gasteiger partial charge on any atom is -0.392 e. The average Bonchev–Trinajstić information content (AvgIpc) is 2.60. The van der Waals surface area contributed by atoms with E-state index in [-0.39, 0.29) is 6.10 Å². The molecular formula is C21H43NO2. The molecule has 0 bridgehead atoms. The Labute approximate surface area is 151 Å². The van der Waals surface area contributed by atoms with Crippen molar-refractivity contribution >= 4 is 0 Å². The highest BCUT2D eigenvalue weighted by Gasteiger charge is 2.14. The van der Waals surface area contributed by atoms with Gasteiger partial charge in [0.15, 0.2) is 0 Å². The normalized spacial score (nSPS) is 17.2. The van der Waals surface area contributed by atoms with Gasteiger partial charge in [0.05, 0.1) is 19.3 Å². The van der Waals surface area contributed by atoms with Gasteiger partial charge >= 0.3 is 0 Å². The van der Waals surface area contributed by atoms with Gasteiger partial charge in [-0.05, 0) is 6.42 Å². The van der Waals surface area contributed by atoms with Crippen LogP contribution in [-0.4, -0.2) is 49.0 Å². The molecule has 1 fully saturated rings. The lowest BCUT2D eigenvalue weighted by molar-refractivity contribution is 0.0127. The molecule has 1 N–H and O–H groups in total. The summed E-state index contributed by atoms with van der Waals surface area (Å²) >= 11 is 0. The molecule has 0 aromatic heterocycles. The van der Waals surface area contributed by atoms with Gasteiger partial charge in [-0.25, -0.2) is 0 Å². The first kappa shape index (κ1) is 21.9. The molecule has 1 saturated heterocycles. The first-order valence-electron chi connectivity index (χ1n) is 10.8. The zero-order chi connectivity index (χ0) is 17.3. The molecule has 1 aliphatic rings. The van der Waals surface area contributed by atoms with E-state index < -0.39 is 0 Å². The minimum atomic E-state index is -0.143. The summed E-state index contributed by atoms with van der Waals surface area (Å²) in [6, 6.07) is 0. The lowest BCUT2D eigenvalue weighted by Crippen LogP contribution is -2.40. The van der Waals surface area contributed by atoms with E-state index in [4.69, 9.17) is 4.74 Å². The van der Waals surface area contributed by atoms with Crippen LogP contribution in [0.25, 0.3) is 0 Å². The highest BCUT2D eigenvalue weighted by atomic mass is 16.5. The predicted octanol–water partition coefficient (Wildman–Crippen LogP) is 5.16. The van der Waals surface area contributed by atoms with E-state index in [9.17, 15) is 5.11 Å². The molecular weight excluding hydrogens is 298 g/mol. The van der Waals surface area contributed by atoms with Gasteiger partial charge in [-0.2, -0.15) is 0 Å². The van der Waals surface area contributed by atoms with Gasteiger partial charge in [-0.3, -0.25) is 4.90 Å². The number of ether oxygens (including phenoxy) is 1. The topological polar surface area (TPSA) is 32.7 Å². The Hall–Kier alpha value is -0.120. The molecule has 1 atom stereocenters. The maximum absolute atomic E-state index is 10.1. The highest BCUT2D eigenvalue weighted by Crippen LogP contribution is 2.13. The molecule has 1 heterocycles. The number of aliphatic hydroxyl groups excluding tert-OH is 1. The summed E-state index contributed by atoms with van der Waals surface area (Å²) in [5.41, 5.74) is 0. The van der Waals surface area contributed by atoms with E-state index in [1.807, 2.05) is 0 Å². The van der Waals surface area contributed by atoms with Crippen molar-refractivity contribution < 1.29 is 9.84 Å². The van der Waals surface area contributed by atoms with E-state index in [0.29, 0.717) is 0 Å². The molecule has 0 amide bonds. The highest BCUT2D eigenvalue weighted by molar-refractivity contribution is 4.67. The summed E-state index contributed by atoms with van der Waals surface area (Å²) in [5, 5.41) is 10.1. The molecule has 0 aromatic rings. The van der Waals surface area contributed by atoms with Crippen molar-refractivity contribution in [3.05, 3.63) is 0 Å². The zero-order valence-corrected chi connectivity index (χ0v) is 16.3. The molecule has 24 heavy (non-hydrogen) atoms. The summed E-state index contributed by atoms with van der Waals surface area (Å²) in [6.45, 7) is 6.73. The fourth-order valence-electron chi connectivity index (χ4n) is 3.57. The van der Waals surface area contributed by atoms with E-state index in [1.165, 1.54) is 83.5 Å². The molecule has 3 nitrogen and oxygen atoms in total. The number of unbranched alkanes of at least 4 members (excludes halogenated alkanes) is 12. The fraction of sp³-hybridized carbons (Fsp3) is 1.00. The first-order valence-corrected chi connectivity index (χ1v) is 10.8. The second-order valence-electron chi connectivity index (χ2n) is 7.60. The van der Waals surface area contributed by atoms with Crippen molar-refractivity contribution in [2.24, 2.45) is 0 Å². The molecule has 3 heteroatoms. The Balaban J connectivity index is 1.75. The van der Waals surface area contributed by atoms with Gasteiger partial charge < -0.3 is 9.84 Å². The van der Waals surface area contributed by atoms with Gasteiger partial charge in [-0.15, -0.1) is 0 Å². The smallest absolute Gasteiger partial charge is 0.0667 e. The van der Waals surface area contributed by atoms with Crippen molar-refractivity contribution in [3.8, 4) is 0 Å². The number of β-amino-alcohol motifs (C(OH)–C–C–N with tert-alkyl or cyclic N) is 1. The molecule has 0 aliphatic carbocycles. The van der Waals surface area contributed by atoms with Crippen molar-refractivity contribution in [2.75, 3.05) is 32.8 Å². The third kappa shape index (κ3) is 13.2.